The van der Waals surface area contributed by atoms with Crippen LogP contribution in [0.3, 0.4) is 0 Å². The molecule has 0 radical (unpaired) electrons. The van der Waals surface area contributed by atoms with Gasteiger partial charge in [-0.1, -0.05) is 60.7 Å². The van der Waals surface area contributed by atoms with Crippen molar-refractivity contribution >= 4 is 44.7 Å². The summed E-state index contributed by atoms with van der Waals surface area (Å²) in [6.07, 6.45) is 0. The maximum absolute atomic E-state index is 6.04. The van der Waals surface area contributed by atoms with Crippen LogP contribution in [0, 0.1) is 0 Å². The zero-order valence-corrected chi connectivity index (χ0v) is 16.8. The Labute approximate surface area is 174 Å². The lowest BCUT2D eigenvalue weighted by molar-refractivity contribution is 0.339. The molecule has 0 saturated carbocycles. The van der Waals surface area contributed by atoms with Crippen molar-refractivity contribution in [1.82, 2.24) is 0 Å². The molecule has 4 aromatic carbocycles. The number of ether oxygens (including phenoxy) is 2. The minimum Gasteiger partial charge on any atom is -0.492 e. The minimum atomic E-state index is 0.428. The SMILES string of the molecule is ClCCOc1ccc2ccccc2c1-c1c(OCCCl)ccc2ccccc12. The first-order chi connectivity index (χ1) is 13.8. The molecule has 0 atom stereocenters. The molecular formula is C24H20Cl2O2. The molecule has 28 heavy (non-hydrogen) atoms. The van der Waals surface area contributed by atoms with Gasteiger partial charge in [-0.05, 0) is 33.7 Å². The van der Waals surface area contributed by atoms with E-state index in [4.69, 9.17) is 32.7 Å². The fourth-order valence-electron chi connectivity index (χ4n) is 3.56. The second-order valence-corrected chi connectivity index (χ2v) is 7.15. The lowest BCUT2D eigenvalue weighted by Gasteiger charge is -2.19. The number of benzene rings is 4. The number of halogens is 2. The molecular weight excluding hydrogens is 391 g/mol. The monoisotopic (exact) mass is 410 g/mol. The molecule has 0 spiro atoms. The average molecular weight is 411 g/mol. The highest BCUT2D eigenvalue weighted by molar-refractivity contribution is 6.18. The van der Waals surface area contributed by atoms with Crippen LogP contribution in [0.5, 0.6) is 11.5 Å². The Morgan fingerprint density at radius 1 is 0.536 bits per heavy atom. The van der Waals surface area contributed by atoms with Gasteiger partial charge >= 0.3 is 0 Å². The number of alkyl halides is 2. The molecule has 4 heteroatoms. The molecule has 0 fully saturated rings. The first kappa shape index (κ1) is 18.9. The first-order valence-corrected chi connectivity index (χ1v) is 10.3. The van der Waals surface area contributed by atoms with E-state index < -0.39 is 0 Å². The third kappa shape index (κ3) is 3.63. The van der Waals surface area contributed by atoms with Crippen molar-refractivity contribution in [1.29, 1.82) is 0 Å². The maximum atomic E-state index is 6.04. The van der Waals surface area contributed by atoms with Crippen molar-refractivity contribution < 1.29 is 9.47 Å². The lowest BCUT2D eigenvalue weighted by Crippen LogP contribution is -2.03. The van der Waals surface area contributed by atoms with Gasteiger partial charge in [0.05, 0.1) is 11.8 Å². The van der Waals surface area contributed by atoms with Crippen LogP contribution in [0.2, 0.25) is 0 Å². The molecule has 0 aliphatic carbocycles. The largest absolute Gasteiger partial charge is 0.492 e. The third-order valence-electron chi connectivity index (χ3n) is 4.70. The lowest BCUT2D eigenvalue weighted by atomic mass is 9.92. The van der Waals surface area contributed by atoms with Crippen molar-refractivity contribution in [3.8, 4) is 22.6 Å². The summed E-state index contributed by atoms with van der Waals surface area (Å²) < 4.78 is 12.1. The topological polar surface area (TPSA) is 18.5 Å². The number of fused-ring (bicyclic) bond motifs is 2. The fourth-order valence-corrected chi connectivity index (χ4v) is 3.71. The summed E-state index contributed by atoms with van der Waals surface area (Å²) in [5, 5.41) is 4.52. The van der Waals surface area contributed by atoms with Gasteiger partial charge in [0.2, 0.25) is 0 Å². The van der Waals surface area contributed by atoms with Crippen molar-refractivity contribution in [2.45, 2.75) is 0 Å². The number of rotatable bonds is 7. The highest BCUT2D eigenvalue weighted by Crippen LogP contribution is 2.45. The van der Waals surface area contributed by atoms with Gasteiger partial charge < -0.3 is 9.47 Å². The third-order valence-corrected chi connectivity index (χ3v) is 5.01. The van der Waals surface area contributed by atoms with Crippen LogP contribution >= 0.6 is 23.2 Å². The molecule has 0 amide bonds. The molecule has 4 rings (SSSR count). The van der Waals surface area contributed by atoms with Gasteiger partial charge in [-0.2, -0.15) is 0 Å². The van der Waals surface area contributed by atoms with Crippen LogP contribution in [-0.4, -0.2) is 25.0 Å². The zero-order chi connectivity index (χ0) is 19.3. The summed E-state index contributed by atoms with van der Waals surface area (Å²) in [6.45, 7) is 0.880. The van der Waals surface area contributed by atoms with Crippen LogP contribution in [-0.2, 0) is 0 Å². The van der Waals surface area contributed by atoms with Gasteiger partial charge in [0, 0.05) is 11.1 Å². The van der Waals surface area contributed by atoms with E-state index in [0.717, 1.165) is 44.2 Å². The quantitative estimate of drug-likeness (QED) is 0.308. The molecule has 0 N–H and O–H groups in total. The number of hydrogen-bond donors (Lipinski definition) is 0. The van der Waals surface area contributed by atoms with E-state index in [0.29, 0.717) is 25.0 Å². The Morgan fingerprint density at radius 2 is 0.964 bits per heavy atom. The molecule has 0 unspecified atom stereocenters. The van der Waals surface area contributed by atoms with E-state index in [2.05, 4.69) is 36.4 Å². The molecule has 4 aromatic rings. The van der Waals surface area contributed by atoms with Crippen LogP contribution in [0.25, 0.3) is 32.7 Å². The fraction of sp³-hybridized carbons (Fsp3) is 0.167. The highest BCUT2D eigenvalue weighted by Gasteiger charge is 2.18. The Morgan fingerprint density at radius 3 is 1.39 bits per heavy atom. The van der Waals surface area contributed by atoms with E-state index in [9.17, 15) is 0 Å². The number of hydrogen-bond acceptors (Lipinski definition) is 2. The summed E-state index contributed by atoms with van der Waals surface area (Å²) in [4.78, 5) is 0. The van der Waals surface area contributed by atoms with Gasteiger partial charge in [-0.15, -0.1) is 23.2 Å². The van der Waals surface area contributed by atoms with Crippen molar-refractivity contribution in [3.05, 3.63) is 72.8 Å². The van der Waals surface area contributed by atoms with E-state index in [1.54, 1.807) is 0 Å². The molecule has 0 aliphatic heterocycles. The van der Waals surface area contributed by atoms with Crippen molar-refractivity contribution in [3.63, 3.8) is 0 Å². The molecule has 0 heterocycles. The smallest absolute Gasteiger partial charge is 0.127 e. The standard InChI is InChI=1S/C24H20Cl2O2/c25-13-15-27-21-11-9-17-5-1-3-7-19(17)23(21)24-20-8-4-2-6-18(20)10-12-22(24)28-16-14-26/h1-12H,13-16H2. The minimum absolute atomic E-state index is 0.428. The van der Waals surface area contributed by atoms with E-state index >= 15 is 0 Å². The van der Waals surface area contributed by atoms with E-state index in [1.165, 1.54) is 0 Å². The van der Waals surface area contributed by atoms with Crippen LogP contribution in [0.15, 0.2) is 72.8 Å². The summed E-state index contributed by atoms with van der Waals surface area (Å²) in [5.74, 6) is 2.45. The Balaban J connectivity index is 2.07. The van der Waals surface area contributed by atoms with E-state index in [-0.39, 0.29) is 0 Å². The second-order valence-electron chi connectivity index (χ2n) is 6.39. The Hall–Kier alpha value is -2.42. The van der Waals surface area contributed by atoms with Crippen LogP contribution in [0.4, 0.5) is 0 Å². The van der Waals surface area contributed by atoms with Gasteiger partial charge in [0.25, 0.3) is 0 Å². The van der Waals surface area contributed by atoms with Gasteiger partial charge in [-0.3, -0.25) is 0 Å². The predicted octanol–water partition coefficient (Wildman–Crippen LogP) is 6.90. The Bertz CT molecular complexity index is 1020. The van der Waals surface area contributed by atoms with Crippen molar-refractivity contribution in [2.24, 2.45) is 0 Å². The van der Waals surface area contributed by atoms with Gasteiger partial charge in [0.15, 0.2) is 0 Å². The van der Waals surface area contributed by atoms with E-state index in [1.807, 2.05) is 36.4 Å². The van der Waals surface area contributed by atoms with Crippen molar-refractivity contribution in [2.75, 3.05) is 25.0 Å². The molecule has 0 saturated heterocycles. The van der Waals surface area contributed by atoms with Gasteiger partial charge in [0.1, 0.15) is 24.7 Å². The zero-order valence-electron chi connectivity index (χ0n) is 15.3. The maximum Gasteiger partial charge on any atom is 0.127 e. The predicted molar refractivity (Wildman–Crippen MR) is 119 cm³/mol. The molecule has 0 aromatic heterocycles. The first-order valence-electron chi connectivity index (χ1n) is 9.25. The molecule has 0 aliphatic rings. The summed E-state index contributed by atoms with van der Waals surface area (Å²) >= 11 is 11.8. The molecule has 0 bridgehead atoms. The second kappa shape index (κ2) is 8.72. The van der Waals surface area contributed by atoms with Crippen LogP contribution in [0.1, 0.15) is 0 Å². The Kier molecular flexibility index (Phi) is 5.90. The molecule has 2 nitrogen and oxygen atoms in total. The normalized spacial score (nSPS) is 11.1. The van der Waals surface area contributed by atoms with Gasteiger partial charge in [-0.25, -0.2) is 0 Å². The average Bonchev–Trinajstić information content (AvgIpc) is 2.75. The highest BCUT2D eigenvalue weighted by atomic mass is 35.5. The van der Waals surface area contributed by atoms with Crippen LogP contribution < -0.4 is 9.47 Å². The molecule has 142 valence electrons. The summed E-state index contributed by atoms with van der Waals surface area (Å²) in [6, 6.07) is 24.8. The summed E-state index contributed by atoms with van der Waals surface area (Å²) in [7, 11) is 0. The summed E-state index contributed by atoms with van der Waals surface area (Å²) in [5.41, 5.74) is 2.04.